The van der Waals surface area contributed by atoms with Crippen LogP contribution < -0.4 is 4.72 Å². The second-order valence-corrected chi connectivity index (χ2v) is 7.92. The first-order valence-electron chi connectivity index (χ1n) is 7.55. The van der Waals surface area contributed by atoms with E-state index < -0.39 is 10.0 Å². The number of hydrogen-bond acceptors (Lipinski definition) is 3. The first kappa shape index (κ1) is 17.0. The fourth-order valence-electron chi connectivity index (χ4n) is 2.73. The van der Waals surface area contributed by atoms with E-state index in [1.807, 2.05) is 29.9 Å². The molecule has 0 radical (unpaired) electrons. The average Bonchev–Trinajstić information content (AvgIpc) is 2.84. The zero-order valence-electron chi connectivity index (χ0n) is 13.2. The number of hydrogen-bond donors (Lipinski definition) is 1. The van der Waals surface area contributed by atoms with Crippen LogP contribution in [0.25, 0.3) is 11.0 Å². The predicted molar refractivity (Wildman–Crippen MR) is 96.5 cm³/mol. The molecule has 5 nitrogen and oxygen atoms in total. The number of rotatable bonds is 6. The lowest BCUT2D eigenvalue weighted by Crippen LogP contribution is -2.27. The summed E-state index contributed by atoms with van der Waals surface area (Å²) in [5, 5.41) is 1.58. The Morgan fingerprint density at radius 1 is 1.25 bits per heavy atom. The molecular weight excluding hydrogens is 346 g/mol. The first-order chi connectivity index (χ1) is 11.4. The normalized spacial score (nSPS) is 11.9. The SMILES string of the molecule is Cn1cc(CCNS(=O)(=O)Cc2cccc(Cl)c2)c2cccnc21. The van der Waals surface area contributed by atoms with Gasteiger partial charge in [0.15, 0.2) is 0 Å². The molecule has 0 atom stereocenters. The van der Waals surface area contributed by atoms with Gasteiger partial charge in [0, 0.05) is 36.4 Å². The summed E-state index contributed by atoms with van der Waals surface area (Å²) in [4.78, 5) is 4.33. The fraction of sp³-hybridized carbons (Fsp3) is 0.235. The summed E-state index contributed by atoms with van der Waals surface area (Å²) in [5.41, 5.74) is 2.64. The van der Waals surface area contributed by atoms with E-state index in [9.17, 15) is 8.42 Å². The Bertz CT molecular complexity index is 967. The van der Waals surface area contributed by atoms with Crippen LogP contribution in [-0.4, -0.2) is 24.5 Å². The molecule has 1 aromatic carbocycles. The number of fused-ring (bicyclic) bond motifs is 1. The van der Waals surface area contributed by atoms with Crippen LogP contribution in [0.3, 0.4) is 0 Å². The van der Waals surface area contributed by atoms with Crippen LogP contribution in [0.5, 0.6) is 0 Å². The molecule has 0 saturated carbocycles. The van der Waals surface area contributed by atoms with Crippen molar-refractivity contribution in [3.8, 4) is 0 Å². The predicted octanol–water partition coefficient (Wildman–Crippen LogP) is 2.89. The Balaban J connectivity index is 1.64. The van der Waals surface area contributed by atoms with Crippen molar-refractivity contribution >= 4 is 32.7 Å². The summed E-state index contributed by atoms with van der Waals surface area (Å²) < 4.78 is 29.0. The summed E-state index contributed by atoms with van der Waals surface area (Å²) in [6, 6.07) is 10.8. The van der Waals surface area contributed by atoms with Gasteiger partial charge in [-0.3, -0.25) is 0 Å². The van der Waals surface area contributed by atoms with Crippen molar-refractivity contribution in [2.24, 2.45) is 7.05 Å². The maximum atomic E-state index is 12.2. The van der Waals surface area contributed by atoms with Gasteiger partial charge in [-0.1, -0.05) is 23.7 Å². The molecule has 0 aliphatic heterocycles. The number of sulfonamides is 1. The molecule has 0 bridgehead atoms. The minimum Gasteiger partial charge on any atom is -0.335 e. The average molecular weight is 364 g/mol. The molecule has 3 aromatic rings. The molecule has 0 aliphatic rings. The summed E-state index contributed by atoms with van der Waals surface area (Å²) in [5.74, 6) is -0.0787. The van der Waals surface area contributed by atoms with E-state index >= 15 is 0 Å². The molecule has 7 heteroatoms. The zero-order chi connectivity index (χ0) is 17.2. The van der Waals surface area contributed by atoms with Gasteiger partial charge >= 0.3 is 0 Å². The van der Waals surface area contributed by atoms with E-state index in [1.54, 1.807) is 30.5 Å². The van der Waals surface area contributed by atoms with Gasteiger partial charge in [-0.15, -0.1) is 0 Å². The Morgan fingerprint density at radius 2 is 2.08 bits per heavy atom. The van der Waals surface area contributed by atoms with Gasteiger partial charge in [0.2, 0.25) is 10.0 Å². The molecular formula is C17H18ClN3O2S. The van der Waals surface area contributed by atoms with Crippen LogP contribution in [0.4, 0.5) is 0 Å². The lowest BCUT2D eigenvalue weighted by molar-refractivity contribution is 0.581. The third kappa shape index (κ3) is 3.95. The monoisotopic (exact) mass is 363 g/mol. The molecule has 0 fully saturated rings. The Labute approximate surface area is 146 Å². The minimum atomic E-state index is -3.40. The van der Waals surface area contributed by atoms with Crippen molar-refractivity contribution in [3.63, 3.8) is 0 Å². The molecule has 0 amide bonds. The maximum absolute atomic E-state index is 12.2. The highest BCUT2D eigenvalue weighted by Gasteiger charge is 2.13. The van der Waals surface area contributed by atoms with Gasteiger partial charge in [0.1, 0.15) is 5.65 Å². The Hall–Kier alpha value is -1.89. The number of pyridine rings is 1. The van der Waals surface area contributed by atoms with E-state index in [0.29, 0.717) is 23.6 Å². The molecule has 24 heavy (non-hydrogen) atoms. The van der Waals surface area contributed by atoms with Gasteiger partial charge in [0.05, 0.1) is 5.75 Å². The summed E-state index contributed by atoms with van der Waals surface area (Å²) in [6.07, 6.45) is 4.35. The smallest absolute Gasteiger partial charge is 0.215 e. The number of aromatic nitrogens is 2. The second kappa shape index (κ2) is 6.93. The van der Waals surface area contributed by atoms with E-state index in [4.69, 9.17) is 11.6 Å². The third-order valence-corrected chi connectivity index (χ3v) is 5.37. The molecule has 0 saturated heterocycles. The van der Waals surface area contributed by atoms with Crippen LogP contribution in [0, 0.1) is 0 Å². The van der Waals surface area contributed by atoms with Crippen molar-refractivity contribution in [2.75, 3.05) is 6.54 Å². The quantitative estimate of drug-likeness (QED) is 0.732. The molecule has 0 unspecified atom stereocenters. The van der Waals surface area contributed by atoms with E-state index in [1.165, 1.54) is 0 Å². The van der Waals surface area contributed by atoms with E-state index in [2.05, 4.69) is 9.71 Å². The summed E-state index contributed by atoms with van der Waals surface area (Å²) in [6.45, 7) is 0.344. The molecule has 0 aliphatic carbocycles. The molecule has 3 rings (SSSR count). The molecule has 2 heterocycles. The van der Waals surface area contributed by atoms with Gasteiger partial charge in [-0.25, -0.2) is 18.1 Å². The number of nitrogens with one attached hydrogen (secondary N) is 1. The first-order valence-corrected chi connectivity index (χ1v) is 9.58. The van der Waals surface area contributed by atoms with Crippen LogP contribution in [-0.2, 0) is 29.2 Å². The van der Waals surface area contributed by atoms with Crippen molar-refractivity contribution in [1.82, 2.24) is 14.3 Å². The highest BCUT2D eigenvalue weighted by molar-refractivity contribution is 7.88. The summed E-state index contributed by atoms with van der Waals surface area (Å²) >= 11 is 5.89. The topological polar surface area (TPSA) is 64.0 Å². The van der Waals surface area contributed by atoms with E-state index in [0.717, 1.165) is 16.6 Å². The lowest BCUT2D eigenvalue weighted by atomic mass is 10.2. The Kier molecular flexibility index (Phi) is 4.89. The highest BCUT2D eigenvalue weighted by atomic mass is 35.5. The van der Waals surface area contributed by atoms with Gasteiger partial charge in [-0.05, 0) is 41.8 Å². The van der Waals surface area contributed by atoms with E-state index in [-0.39, 0.29) is 5.75 Å². The van der Waals surface area contributed by atoms with Gasteiger partial charge in [0.25, 0.3) is 0 Å². The molecule has 2 aromatic heterocycles. The number of aryl methyl sites for hydroxylation is 1. The summed E-state index contributed by atoms with van der Waals surface area (Å²) in [7, 11) is -1.47. The van der Waals surface area contributed by atoms with Gasteiger partial charge in [-0.2, -0.15) is 0 Å². The van der Waals surface area contributed by atoms with Crippen molar-refractivity contribution in [3.05, 3.63) is 64.9 Å². The van der Waals surface area contributed by atoms with Crippen molar-refractivity contribution in [2.45, 2.75) is 12.2 Å². The molecule has 0 spiro atoms. The van der Waals surface area contributed by atoms with Crippen LogP contribution >= 0.6 is 11.6 Å². The molecule has 126 valence electrons. The standard InChI is InChI=1S/C17H18ClN3O2S/c1-21-11-14(16-6-3-8-19-17(16)21)7-9-20-24(22,23)12-13-4-2-5-15(18)10-13/h2-6,8,10-11,20H,7,9,12H2,1H3. The second-order valence-electron chi connectivity index (χ2n) is 5.67. The van der Waals surface area contributed by atoms with Crippen molar-refractivity contribution in [1.29, 1.82) is 0 Å². The van der Waals surface area contributed by atoms with Crippen LogP contribution in [0.2, 0.25) is 5.02 Å². The highest BCUT2D eigenvalue weighted by Crippen LogP contribution is 2.18. The van der Waals surface area contributed by atoms with Crippen LogP contribution in [0.1, 0.15) is 11.1 Å². The maximum Gasteiger partial charge on any atom is 0.215 e. The molecule has 1 N–H and O–H groups in total. The fourth-order valence-corrected chi connectivity index (χ4v) is 4.08. The number of benzene rings is 1. The van der Waals surface area contributed by atoms with Gasteiger partial charge < -0.3 is 4.57 Å². The third-order valence-electron chi connectivity index (χ3n) is 3.78. The largest absolute Gasteiger partial charge is 0.335 e. The van der Waals surface area contributed by atoms with Crippen LogP contribution in [0.15, 0.2) is 48.8 Å². The zero-order valence-corrected chi connectivity index (χ0v) is 14.8. The minimum absolute atomic E-state index is 0.0787. The number of nitrogens with zero attached hydrogens (tertiary/aromatic N) is 2. The van der Waals surface area contributed by atoms with Crippen molar-refractivity contribution < 1.29 is 8.42 Å². The Morgan fingerprint density at radius 3 is 2.88 bits per heavy atom. The lowest BCUT2D eigenvalue weighted by Gasteiger charge is -2.07. The number of halogens is 1.